The number of Topliss-reactive ketones (excluding diaryl/α,β-unsaturated/α-hetero) is 1. The van der Waals surface area contributed by atoms with Gasteiger partial charge in [-0.25, -0.2) is 0 Å². The number of hydrogen-bond donors (Lipinski definition) is 6. The van der Waals surface area contributed by atoms with Crippen molar-refractivity contribution in [2.75, 3.05) is 13.1 Å². The Labute approximate surface area is 173 Å². The summed E-state index contributed by atoms with van der Waals surface area (Å²) in [4.78, 5) is 26.1. The molecule has 0 rings (SSSR count). The van der Waals surface area contributed by atoms with Crippen LogP contribution in [0.15, 0.2) is 4.99 Å². The van der Waals surface area contributed by atoms with E-state index in [9.17, 15) is 30.0 Å². The second-order valence-corrected chi connectivity index (χ2v) is 7.21. The number of ketones is 1. The molecule has 0 radical (unpaired) electrons. The Hall–Kier alpha value is -1.39. The maximum Gasteiger partial charge on any atom is 0.249 e. The number of unbranched alkanes of at least 4 members (excludes halogenated alkanes) is 9. The van der Waals surface area contributed by atoms with Crippen molar-refractivity contribution in [2.24, 2.45) is 10.7 Å². The van der Waals surface area contributed by atoms with Gasteiger partial charge in [-0.05, 0) is 32.4 Å². The quantitative estimate of drug-likeness (QED) is 0.127. The summed E-state index contributed by atoms with van der Waals surface area (Å²) >= 11 is 0. The Morgan fingerprint density at radius 2 is 1.38 bits per heavy atom. The Balaban J connectivity index is 3.76. The van der Waals surface area contributed by atoms with E-state index in [-0.39, 0.29) is 0 Å². The lowest BCUT2D eigenvalue weighted by atomic mass is 10.0. The molecule has 0 heterocycles. The molecule has 4 atom stereocenters. The molecule has 0 aliphatic carbocycles. The Morgan fingerprint density at radius 1 is 0.862 bits per heavy atom. The third kappa shape index (κ3) is 13.5. The first-order chi connectivity index (χ1) is 13.8. The number of amides is 1. The van der Waals surface area contributed by atoms with Gasteiger partial charge in [0.1, 0.15) is 6.10 Å². The SMILES string of the molecule is CCNCCCCCCCCCCCC=NC(O)[C@H](O)C(=O)[C@H](O)[C@H](O)C(N)=O. The van der Waals surface area contributed by atoms with Gasteiger partial charge >= 0.3 is 0 Å². The van der Waals surface area contributed by atoms with Crippen LogP contribution in [0.4, 0.5) is 0 Å². The number of aliphatic hydroxyl groups excluding tert-OH is 4. The zero-order valence-electron chi connectivity index (χ0n) is 17.5. The summed E-state index contributed by atoms with van der Waals surface area (Å²) in [6.45, 7) is 4.25. The maximum atomic E-state index is 11.7. The molecule has 0 bridgehead atoms. The maximum absolute atomic E-state index is 11.7. The Kier molecular flexibility index (Phi) is 16.6. The number of hydrogen-bond acceptors (Lipinski definition) is 8. The summed E-state index contributed by atoms with van der Waals surface area (Å²) < 4.78 is 0. The molecule has 0 saturated heterocycles. The number of rotatable bonds is 19. The van der Waals surface area contributed by atoms with Gasteiger partial charge in [-0.1, -0.05) is 51.9 Å². The van der Waals surface area contributed by atoms with Gasteiger partial charge in [0.05, 0.1) is 0 Å². The highest BCUT2D eigenvalue weighted by molar-refractivity contribution is 5.93. The number of carbonyl (C=O) groups excluding carboxylic acids is 2. The molecule has 9 nitrogen and oxygen atoms in total. The highest BCUT2D eigenvalue weighted by Gasteiger charge is 2.35. The monoisotopic (exact) mass is 417 g/mol. The van der Waals surface area contributed by atoms with Crippen molar-refractivity contribution in [2.45, 2.75) is 95.7 Å². The lowest BCUT2D eigenvalue weighted by Gasteiger charge is -2.19. The van der Waals surface area contributed by atoms with Crippen LogP contribution in [0.2, 0.25) is 0 Å². The van der Waals surface area contributed by atoms with Gasteiger partial charge in [0, 0.05) is 6.21 Å². The van der Waals surface area contributed by atoms with Gasteiger partial charge in [0.2, 0.25) is 5.91 Å². The van der Waals surface area contributed by atoms with E-state index in [1.54, 1.807) is 0 Å². The number of nitrogens with zero attached hydrogens (tertiary/aromatic N) is 1. The van der Waals surface area contributed by atoms with Crippen molar-refractivity contribution in [1.29, 1.82) is 0 Å². The van der Waals surface area contributed by atoms with Crippen LogP contribution in [-0.2, 0) is 9.59 Å². The topological polar surface area (TPSA) is 165 Å². The van der Waals surface area contributed by atoms with Crippen molar-refractivity contribution in [3.8, 4) is 0 Å². The van der Waals surface area contributed by atoms with Crippen LogP contribution < -0.4 is 11.1 Å². The summed E-state index contributed by atoms with van der Waals surface area (Å²) in [5, 5.41) is 41.3. The summed E-state index contributed by atoms with van der Waals surface area (Å²) in [7, 11) is 0. The van der Waals surface area contributed by atoms with Gasteiger partial charge in [-0.15, -0.1) is 0 Å². The zero-order chi connectivity index (χ0) is 22.1. The lowest BCUT2D eigenvalue weighted by molar-refractivity contribution is -0.152. The molecule has 170 valence electrons. The van der Waals surface area contributed by atoms with Gasteiger partial charge in [0.15, 0.2) is 24.2 Å². The van der Waals surface area contributed by atoms with Crippen LogP contribution >= 0.6 is 0 Å². The molecule has 0 aliphatic heterocycles. The largest absolute Gasteiger partial charge is 0.382 e. The molecular formula is C20H39N3O6. The first-order valence-corrected chi connectivity index (χ1v) is 10.6. The smallest absolute Gasteiger partial charge is 0.249 e. The van der Waals surface area contributed by atoms with E-state index in [4.69, 9.17) is 5.73 Å². The molecule has 7 N–H and O–H groups in total. The van der Waals surface area contributed by atoms with Crippen molar-refractivity contribution in [3.05, 3.63) is 0 Å². The third-order valence-electron chi connectivity index (χ3n) is 4.65. The number of carbonyl (C=O) groups is 2. The average molecular weight is 418 g/mol. The van der Waals surface area contributed by atoms with E-state index in [0.29, 0.717) is 6.42 Å². The minimum absolute atomic E-state index is 0.592. The standard InChI is InChI=1S/C20H39N3O6/c1-2-22-13-11-9-7-5-3-4-6-8-10-12-14-23-20(29)18(27)16(25)15(24)17(26)19(21)28/h14-15,17-18,20,22,24,26-27,29H,2-13H2,1H3,(H2,21,28)/t15-,17-,18+,20?/m0/s1. The molecule has 0 aromatic carbocycles. The van der Waals surface area contributed by atoms with Crippen LogP contribution in [-0.4, -0.2) is 76.0 Å². The van der Waals surface area contributed by atoms with E-state index < -0.39 is 36.2 Å². The van der Waals surface area contributed by atoms with Gasteiger partial charge in [-0.3, -0.25) is 14.6 Å². The fraction of sp³-hybridized carbons (Fsp3) is 0.850. The highest BCUT2D eigenvalue weighted by atomic mass is 16.4. The third-order valence-corrected chi connectivity index (χ3v) is 4.65. The van der Waals surface area contributed by atoms with Crippen molar-refractivity contribution in [1.82, 2.24) is 5.32 Å². The molecule has 1 unspecified atom stereocenters. The molecule has 0 aromatic heterocycles. The minimum Gasteiger partial charge on any atom is -0.382 e. The van der Waals surface area contributed by atoms with Crippen LogP contribution in [0, 0.1) is 0 Å². The summed E-state index contributed by atoms with van der Waals surface area (Å²) in [5.41, 5.74) is 4.77. The lowest BCUT2D eigenvalue weighted by Crippen LogP contribution is -2.49. The molecule has 0 aliphatic rings. The summed E-state index contributed by atoms with van der Waals surface area (Å²) in [5.74, 6) is -2.62. The number of aliphatic hydroxyl groups is 4. The van der Waals surface area contributed by atoms with Gasteiger partial charge in [0.25, 0.3) is 0 Å². The van der Waals surface area contributed by atoms with Crippen LogP contribution in [0.3, 0.4) is 0 Å². The average Bonchev–Trinajstić information content (AvgIpc) is 2.71. The molecule has 0 saturated carbocycles. The molecule has 9 heteroatoms. The van der Waals surface area contributed by atoms with E-state index in [2.05, 4.69) is 17.2 Å². The fourth-order valence-electron chi connectivity index (χ4n) is 2.80. The normalized spacial score (nSPS) is 15.9. The van der Waals surface area contributed by atoms with Crippen molar-refractivity contribution >= 4 is 17.9 Å². The Morgan fingerprint density at radius 3 is 1.90 bits per heavy atom. The van der Waals surface area contributed by atoms with Crippen LogP contribution in [0.5, 0.6) is 0 Å². The number of nitrogens with two attached hydrogens (primary N) is 1. The first-order valence-electron chi connectivity index (χ1n) is 10.6. The fourth-order valence-corrected chi connectivity index (χ4v) is 2.80. The van der Waals surface area contributed by atoms with E-state index in [1.807, 2.05) is 0 Å². The molecule has 1 amide bonds. The molecule has 0 fully saturated rings. The van der Waals surface area contributed by atoms with E-state index in [0.717, 1.165) is 32.4 Å². The van der Waals surface area contributed by atoms with Crippen molar-refractivity contribution in [3.63, 3.8) is 0 Å². The summed E-state index contributed by atoms with van der Waals surface area (Å²) in [6, 6.07) is 0. The molecular weight excluding hydrogens is 378 g/mol. The second kappa shape index (κ2) is 17.5. The Bertz CT molecular complexity index is 475. The number of nitrogens with one attached hydrogen (secondary N) is 1. The second-order valence-electron chi connectivity index (χ2n) is 7.21. The number of aliphatic imine (C=N–C) groups is 1. The predicted octanol–water partition coefficient (Wildman–Crippen LogP) is 0.0232. The molecule has 0 spiro atoms. The number of primary amides is 1. The van der Waals surface area contributed by atoms with E-state index >= 15 is 0 Å². The highest BCUT2D eigenvalue weighted by Crippen LogP contribution is 2.10. The summed E-state index contributed by atoms with van der Waals surface area (Å²) in [6.07, 6.45) is 4.38. The van der Waals surface area contributed by atoms with Gasteiger partial charge in [-0.2, -0.15) is 0 Å². The van der Waals surface area contributed by atoms with Crippen LogP contribution in [0.25, 0.3) is 0 Å². The van der Waals surface area contributed by atoms with Gasteiger partial charge < -0.3 is 31.5 Å². The molecule has 29 heavy (non-hydrogen) atoms. The minimum atomic E-state index is -2.21. The van der Waals surface area contributed by atoms with Crippen molar-refractivity contribution < 1.29 is 30.0 Å². The van der Waals surface area contributed by atoms with E-state index in [1.165, 1.54) is 44.7 Å². The molecule has 0 aromatic rings. The first kappa shape index (κ1) is 27.6. The predicted molar refractivity (Wildman–Crippen MR) is 111 cm³/mol. The zero-order valence-corrected chi connectivity index (χ0v) is 17.5. The van der Waals surface area contributed by atoms with Crippen LogP contribution in [0.1, 0.15) is 71.1 Å².